The maximum absolute atomic E-state index is 5.73. The maximum atomic E-state index is 5.73. The van der Waals surface area contributed by atoms with Crippen molar-refractivity contribution in [3.63, 3.8) is 0 Å². The van der Waals surface area contributed by atoms with Gasteiger partial charge in [-0.1, -0.05) is 0 Å². The minimum Gasteiger partial charge on any atom is -0.492 e. The van der Waals surface area contributed by atoms with Gasteiger partial charge >= 0.3 is 0 Å². The normalized spacial score (nSPS) is 10.0. The molecule has 0 aliphatic carbocycles. The van der Waals surface area contributed by atoms with E-state index in [-0.39, 0.29) is 0 Å². The Morgan fingerprint density at radius 1 is 0.765 bits per heavy atom. The average molecular weight is 241 g/mol. The van der Waals surface area contributed by atoms with Crippen LogP contribution < -0.4 is 24.7 Å². The van der Waals surface area contributed by atoms with Crippen LogP contribution in [0.5, 0.6) is 23.0 Å². The van der Waals surface area contributed by atoms with Gasteiger partial charge in [-0.25, -0.2) is 0 Å². The fourth-order valence-corrected chi connectivity index (χ4v) is 1.90. The molecule has 2 N–H and O–H groups in total. The summed E-state index contributed by atoms with van der Waals surface area (Å²) in [6, 6.07) is 0. The highest BCUT2D eigenvalue weighted by atomic mass is 16.5. The molecular formula is C12H19NO4. The van der Waals surface area contributed by atoms with Gasteiger partial charge in [-0.2, -0.15) is 0 Å². The summed E-state index contributed by atoms with van der Waals surface area (Å²) in [6.07, 6.45) is 0. The molecule has 5 heteroatoms. The molecule has 1 aromatic carbocycles. The smallest absolute Gasteiger partial charge is 0.207 e. The Morgan fingerprint density at radius 3 is 1.53 bits per heavy atom. The third-order valence-corrected chi connectivity index (χ3v) is 2.71. The number of hydrogen-bond acceptors (Lipinski definition) is 5. The summed E-state index contributed by atoms with van der Waals surface area (Å²) in [6.45, 7) is 2.25. The zero-order valence-corrected chi connectivity index (χ0v) is 10.9. The molecule has 1 rings (SSSR count). The Hall–Kier alpha value is -1.62. The minimum absolute atomic E-state index is 0.339. The summed E-state index contributed by atoms with van der Waals surface area (Å²) >= 11 is 0. The molecule has 0 atom stereocenters. The van der Waals surface area contributed by atoms with E-state index in [1.807, 2.05) is 6.92 Å². The second kappa shape index (κ2) is 5.63. The number of methoxy groups -OCH3 is 4. The predicted molar refractivity (Wildman–Crippen MR) is 65.3 cm³/mol. The number of rotatable bonds is 5. The molecule has 0 unspecified atom stereocenters. The quantitative estimate of drug-likeness (QED) is 0.846. The molecule has 0 heterocycles. The van der Waals surface area contributed by atoms with Crippen LogP contribution in [0.4, 0.5) is 0 Å². The molecule has 0 aliphatic rings. The highest BCUT2D eigenvalue weighted by molar-refractivity contribution is 5.66. The van der Waals surface area contributed by atoms with Crippen LogP contribution in [0.25, 0.3) is 0 Å². The van der Waals surface area contributed by atoms with E-state index in [0.29, 0.717) is 29.5 Å². The van der Waals surface area contributed by atoms with E-state index in [4.69, 9.17) is 24.7 Å². The summed E-state index contributed by atoms with van der Waals surface area (Å²) in [5.41, 5.74) is 7.48. The Kier molecular flexibility index (Phi) is 4.45. The molecule has 96 valence electrons. The van der Waals surface area contributed by atoms with Crippen LogP contribution in [0.1, 0.15) is 11.1 Å². The molecule has 0 radical (unpaired) electrons. The molecule has 1 aromatic rings. The van der Waals surface area contributed by atoms with Crippen molar-refractivity contribution in [3.05, 3.63) is 11.1 Å². The lowest BCUT2D eigenvalue weighted by Crippen LogP contribution is -2.07. The highest BCUT2D eigenvalue weighted by Gasteiger charge is 2.24. The van der Waals surface area contributed by atoms with Crippen LogP contribution in [-0.2, 0) is 6.54 Å². The molecule has 0 aliphatic heterocycles. The standard InChI is InChI=1S/C12H19NO4/c1-7-8(6-13)10(15-3)12(17-5)11(16-4)9(7)14-2/h6,13H2,1-5H3. The van der Waals surface area contributed by atoms with Crippen molar-refractivity contribution in [2.24, 2.45) is 5.73 Å². The summed E-state index contributed by atoms with van der Waals surface area (Å²) in [5.74, 6) is 2.22. The van der Waals surface area contributed by atoms with Crippen LogP contribution in [-0.4, -0.2) is 28.4 Å². The summed E-state index contributed by atoms with van der Waals surface area (Å²) in [4.78, 5) is 0. The molecule has 0 aromatic heterocycles. The molecule has 0 bridgehead atoms. The zero-order valence-electron chi connectivity index (χ0n) is 10.9. The topological polar surface area (TPSA) is 62.9 Å². The maximum Gasteiger partial charge on any atom is 0.207 e. The largest absolute Gasteiger partial charge is 0.492 e. The second-order valence-electron chi connectivity index (χ2n) is 3.44. The van der Waals surface area contributed by atoms with E-state index in [2.05, 4.69) is 0 Å². The van der Waals surface area contributed by atoms with Crippen LogP contribution in [0, 0.1) is 6.92 Å². The number of hydrogen-bond donors (Lipinski definition) is 1. The van der Waals surface area contributed by atoms with Crippen molar-refractivity contribution in [2.75, 3.05) is 28.4 Å². The number of nitrogens with two attached hydrogens (primary N) is 1. The average Bonchev–Trinajstić information content (AvgIpc) is 2.36. The summed E-state index contributed by atoms with van der Waals surface area (Å²) in [7, 11) is 6.26. The lowest BCUT2D eigenvalue weighted by Gasteiger charge is -2.20. The number of ether oxygens (including phenoxy) is 4. The second-order valence-corrected chi connectivity index (χ2v) is 3.44. The van der Waals surface area contributed by atoms with E-state index >= 15 is 0 Å². The minimum atomic E-state index is 0.339. The van der Waals surface area contributed by atoms with E-state index in [1.54, 1.807) is 28.4 Å². The van der Waals surface area contributed by atoms with Crippen molar-refractivity contribution < 1.29 is 18.9 Å². The van der Waals surface area contributed by atoms with Crippen molar-refractivity contribution in [1.29, 1.82) is 0 Å². The number of benzene rings is 1. The first-order valence-corrected chi connectivity index (χ1v) is 5.21. The lowest BCUT2D eigenvalue weighted by molar-refractivity contribution is 0.302. The van der Waals surface area contributed by atoms with Crippen molar-refractivity contribution in [3.8, 4) is 23.0 Å². The Morgan fingerprint density at radius 2 is 1.18 bits per heavy atom. The molecule has 0 amide bonds. The van der Waals surface area contributed by atoms with Crippen LogP contribution in [0.15, 0.2) is 0 Å². The predicted octanol–water partition coefficient (Wildman–Crippen LogP) is 1.49. The third kappa shape index (κ3) is 2.10. The van der Waals surface area contributed by atoms with Gasteiger partial charge in [0.15, 0.2) is 11.5 Å². The lowest BCUT2D eigenvalue weighted by atomic mass is 10.0. The first-order valence-electron chi connectivity index (χ1n) is 5.21. The van der Waals surface area contributed by atoms with Crippen molar-refractivity contribution >= 4 is 0 Å². The fraction of sp³-hybridized carbons (Fsp3) is 0.500. The molecule has 0 saturated carbocycles. The van der Waals surface area contributed by atoms with Gasteiger partial charge in [0, 0.05) is 17.7 Å². The molecular weight excluding hydrogens is 222 g/mol. The Balaban J connectivity index is 3.66. The van der Waals surface area contributed by atoms with Gasteiger partial charge in [0.1, 0.15) is 0 Å². The fourth-order valence-electron chi connectivity index (χ4n) is 1.90. The highest BCUT2D eigenvalue weighted by Crippen LogP contribution is 2.48. The molecule has 17 heavy (non-hydrogen) atoms. The Bertz CT molecular complexity index is 371. The SMILES string of the molecule is COc1c(C)c(CN)c(OC)c(OC)c1OC. The zero-order chi connectivity index (χ0) is 13.0. The molecule has 0 saturated heterocycles. The van der Waals surface area contributed by atoms with Crippen LogP contribution in [0.3, 0.4) is 0 Å². The molecule has 0 spiro atoms. The first-order chi connectivity index (χ1) is 8.15. The Labute approximate surface area is 101 Å². The van der Waals surface area contributed by atoms with Gasteiger partial charge in [0.2, 0.25) is 11.5 Å². The summed E-state index contributed by atoms with van der Waals surface area (Å²) in [5, 5.41) is 0. The van der Waals surface area contributed by atoms with Crippen LogP contribution in [0.2, 0.25) is 0 Å². The van der Waals surface area contributed by atoms with Crippen molar-refractivity contribution in [1.82, 2.24) is 0 Å². The van der Waals surface area contributed by atoms with Crippen molar-refractivity contribution in [2.45, 2.75) is 13.5 Å². The first kappa shape index (κ1) is 13.4. The van der Waals surface area contributed by atoms with E-state index in [0.717, 1.165) is 11.1 Å². The molecule has 5 nitrogen and oxygen atoms in total. The van der Waals surface area contributed by atoms with Gasteiger partial charge in [-0.3, -0.25) is 0 Å². The summed E-state index contributed by atoms with van der Waals surface area (Å²) < 4.78 is 21.3. The third-order valence-electron chi connectivity index (χ3n) is 2.71. The van der Waals surface area contributed by atoms with E-state index < -0.39 is 0 Å². The van der Waals surface area contributed by atoms with Crippen LogP contribution >= 0.6 is 0 Å². The van der Waals surface area contributed by atoms with Gasteiger partial charge in [0.25, 0.3) is 0 Å². The van der Waals surface area contributed by atoms with Gasteiger partial charge < -0.3 is 24.7 Å². The van der Waals surface area contributed by atoms with Gasteiger partial charge in [-0.05, 0) is 6.92 Å². The van der Waals surface area contributed by atoms with E-state index in [9.17, 15) is 0 Å². The molecule has 0 fully saturated rings. The van der Waals surface area contributed by atoms with E-state index in [1.165, 1.54) is 0 Å². The van der Waals surface area contributed by atoms with Gasteiger partial charge in [-0.15, -0.1) is 0 Å². The monoisotopic (exact) mass is 241 g/mol. The van der Waals surface area contributed by atoms with Gasteiger partial charge in [0.05, 0.1) is 28.4 Å².